The predicted octanol–water partition coefficient (Wildman–Crippen LogP) is 1.95. The third-order valence-electron chi connectivity index (χ3n) is 4.33. The van der Waals surface area contributed by atoms with Crippen molar-refractivity contribution in [2.24, 2.45) is 5.92 Å². The van der Waals surface area contributed by atoms with Crippen LogP contribution in [-0.4, -0.2) is 40.9 Å². The van der Waals surface area contributed by atoms with Crippen LogP contribution in [0.3, 0.4) is 0 Å². The van der Waals surface area contributed by atoms with E-state index in [1.165, 1.54) is 32.1 Å². The Kier molecular flexibility index (Phi) is 3.04. The molecule has 5 heteroatoms. The minimum atomic E-state index is 0.554. The summed E-state index contributed by atoms with van der Waals surface area (Å²) in [5, 5.41) is 8.39. The second-order valence-electron chi connectivity index (χ2n) is 6.20. The van der Waals surface area contributed by atoms with Crippen LogP contribution in [0.4, 0.5) is 0 Å². The molecule has 104 valence electrons. The van der Waals surface area contributed by atoms with Gasteiger partial charge in [-0.15, -0.1) is 10.2 Å². The van der Waals surface area contributed by atoms with E-state index in [0.29, 0.717) is 11.8 Å². The van der Waals surface area contributed by atoms with Gasteiger partial charge in [0.15, 0.2) is 0 Å². The normalized spacial score (nSPS) is 27.3. The number of nitrogens with zero attached hydrogens (tertiary/aromatic N) is 3. The SMILES string of the molecule is C1CC(CN(Cc2nnc(C3CC3)o2)C2CC2)CO1. The van der Waals surface area contributed by atoms with E-state index in [9.17, 15) is 0 Å². The Labute approximate surface area is 113 Å². The lowest BCUT2D eigenvalue weighted by Gasteiger charge is -2.22. The van der Waals surface area contributed by atoms with Gasteiger partial charge in [0.1, 0.15) is 0 Å². The van der Waals surface area contributed by atoms with Gasteiger partial charge in [0.05, 0.1) is 13.2 Å². The zero-order valence-corrected chi connectivity index (χ0v) is 11.3. The second-order valence-corrected chi connectivity index (χ2v) is 6.20. The Morgan fingerprint density at radius 3 is 2.68 bits per heavy atom. The first-order chi connectivity index (χ1) is 9.38. The molecule has 0 radical (unpaired) electrons. The highest BCUT2D eigenvalue weighted by Crippen LogP contribution is 2.39. The minimum Gasteiger partial charge on any atom is -0.424 e. The van der Waals surface area contributed by atoms with E-state index in [0.717, 1.165) is 44.1 Å². The molecule has 1 unspecified atom stereocenters. The summed E-state index contributed by atoms with van der Waals surface area (Å²) in [5.74, 6) is 2.90. The van der Waals surface area contributed by atoms with Gasteiger partial charge < -0.3 is 9.15 Å². The summed E-state index contributed by atoms with van der Waals surface area (Å²) < 4.78 is 11.3. The molecule has 1 aliphatic heterocycles. The van der Waals surface area contributed by atoms with Crippen molar-refractivity contribution in [2.75, 3.05) is 19.8 Å². The summed E-state index contributed by atoms with van der Waals surface area (Å²) in [6.45, 7) is 3.78. The van der Waals surface area contributed by atoms with Crippen molar-refractivity contribution in [2.45, 2.75) is 50.6 Å². The van der Waals surface area contributed by atoms with E-state index in [1.54, 1.807) is 0 Å². The first-order valence-electron chi connectivity index (χ1n) is 7.52. The lowest BCUT2D eigenvalue weighted by atomic mass is 10.1. The maximum Gasteiger partial charge on any atom is 0.230 e. The van der Waals surface area contributed by atoms with Crippen molar-refractivity contribution < 1.29 is 9.15 Å². The maximum atomic E-state index is 5.79. The summed E-state index contributed by atoms with van der Waals surface area (Å²) in [5.41, 5.74) is 0. The number of hydrogen-bond donors (Lipinski definition) is 0. The third kappa shape index (κ3) is 2.82. The molecule has 2 heterocycles. The van der Waals surface area contributed by atoms with Crippen molar-refractivity contribution in [1.82, 2.24) is 15.1 Å². The molecule has 1 aromatic rings. The van der Waals surface area contributed by atoms with Crippen LogP contribution in [0.15, 0.2) is 4.42 Å². The van der Waals surface area contributed by atoms with E-state index in [4.69, 9.17) is 9.15 Å². The van der Waals surface area contributed by atoms with Gasteiger partial charge in [0.2, 0.25) is 11.8 Å². The molecule has 0 aromatic carbocycles. The number of rotatable bonds is 6. The van der Waals surface area contributed by atoms with Crippen LogP contribution in [0, 0.1) is 5.92 Å². The third-order valence-corrected chi connectivity index (χ3v) is 4.33. The fourth-order valence-electron chi connectivity index (χ4n) is 2.84. The van der Waals surface area contributed by atoms with Crippen LogP contribution >= 0.6 is 0 Å². The quantitative estimate of drug-likeness (QED) is 0.785. The molecular weight excluding hydrogens is 242 g/mol. The molecule has 2 saturated carbocycles. The monoisotopic (exact) mass is 263 g/mol. The van der Waals surface area contributed by atoms with Crippen LogP contribution in [0.5, 0.6) is 0 Å². The van der Waals surface area contributed by atoms with E-state index in [-0.39, 0.29) is 0 Å². The summed E-state index contributed by atoms with van der Waals surface area (Å²) >= 11 is 0. The molecule has 0 N–H and O–H groups in total. The van der Waals surface area contributed by atoms with E-state index >= 15 is 0 Å². The van der Waals surface area contributed by atoms with Crippen molar-refractivity contribution in [3.63, 3.8) is 0 Å². The smallest absolute Gasteiger partial charge is 0.230 e. The second kappa shape index (κ2) is 4.87. The molecule has 3 aliphatic rings. The lowest BCUT2D eigenvalue weighted by Crippen LogP contribution is -2.31. The van der Waals surface area contributed by atoms with Gasteiger partial charge in [0.25, 0.3) is 0 Å². The number of aromatic nitrogens is 2. The summed E-state index contributed by atoms with van der Waals surface area (Å²) in [6.07, 6.45) is 6.26. The highest BCUT2D eigenvalue weighted by molar-refractivity contribution is 5.00. The first kappa shape index (κ1) is 11.9. The van der Waals surface area contributed by atoms with Crippen LogP contribution in [-0.2, 0) is 11.3 Å². The average molecular weight is 263 g/mol. The predicted molar refractivity (Wildman–Crippen MR) is 68.6 cm³/mol. The molecule has 1 aromatic heterocycles. The fourth-order valence-corrected chi connectivity index (χ4v) is 2.84. The Morgan fingerprint density at radius 1 is 1.11 bits per heavy atom. The zero-order valence-electron chi connectivity index (χ0n) is 11.3. The Bertz CT molecular complexity index is 434. The summed E-state index contributed by atoms with van der Waals surface area (Å²) in [4.78, 5) is 2.52. The molecule has 0 spiro atoms. The van der Waals surface area contributed by atoms with Crippen molar-refractivity contribution in [1.29, 1.82) is 0 Å². The molecule has 4 rings (SSSR count). The van der Waals surface area contributed by atoms with Gasteiger partial charge in [-0.1, -0.05) is 0 Å². The molecule has 19 heavy (non-hydrogen) atoms. The maximum absolute atomic E-state index is 5.79. The van der Waals surface area contributed by atoms with Gasteiger partial charge in [0, 0.05) is 25.1 Å². The van der Waals surface area contributed by atoms with Gasteiger partial charge >= 0.3 is 0 Å². The van der Waals surface area contributed by atoms with Crippen LogP contribution in [0.2, 0.25) is 0 Å². The fraction of sp³-hybridized carbons (Fsp3) is 0.857. The topological polar surface area (TPSA) is 51.4 Å². The van der Waals surface area contributed by atoms with Gasteiger partial charge in [-0.3, -0.25) is 4.90 Å². The number of ether oxygens (including phenoxy) is 1. The van der Waals surface area contributed by atoms with Crippen molar-refractivity contribution in [3.8, 4) is 0 Å². The molecule has 3 fully saturated rings. The Hall–Kier alpha value is -0.940. The lowest BCUT2D eigenvalue weighted by molar-refractivity contribution is 0.155. The minimum absolute atomic E-state index is 0.554. The molecule has 1 saturated heterocycles. The van der Waals surface area contributed by atoms with Crippen LogP contribution < -0.4 is 0 Å². The van der Waals surface area contributed by atoms with Gasteiger partial charge in [-0.25, -0.2) is 0 Å². The number of hydrogen-bond acceptors (Lipinski definition) is 5. The highest BCUT2D eigenvalue weighted by Gasteiger charge is 2.34. The van der Waals surface area contributed by atoms with Gasteiger partial charge in [-0.05, 0) is 38.0 Å². The molecule has 0 bridgehead atoms. The van der Waals surface area contributed by atoms with E-state index in [1.807, 2.05) is 0 Å². The van der Waals surface area contributed by atoms with Crippen LogP contribution in [0.25, 0.3) is 0 Å². The molecule has 1 atom stereocenters. The average Bonchev–Trinajstić information content (AvgIpc) is 3.34. The molecular formula is C14H21N3O2. The van der Waals surface area contributed by atoms with Gasteiger partial charge in [-0.2, -0.15) is 0 Å². The Balaban J connectivity index is 1.38. The Morgan fingerprint density at radius 2 is 2.00 bits per heavy atom. The largest absolute Gasteiger partial charge is 0.424 e. The van der Waals surface area contributed by atoms with Crippen molar-refractivity contribution >= 4 is 0 Å². The summed E-state index contributed by atoms with van der Waals surface area (Å²) in [6, 6.07) is 0.733. The molecule has 5 nitrogen and oxygen atoms in total. The van der Waals surface area contributed by atoms with Crippen molar-refractivity contribution in [3.05, 3.63) is 11.8 Å². The van der Waals surface area contributed by atoms with E-state index in [2.05, 4.69) is 15.1 Å². The molecule has 2 aliphatic carbocycles. The highest BCUT2D eigenvalue weighted by atomic mass is 16.5. The standard InChI is InChI=1S/C14H21N3O2/c1-2-11(1)14-16-15-13(19-14)8-17(12-3-4-12)7-10-5-6-18-9-10/h10-12H,1-9H2. The van der Waals surface area contributed by atoms with E-state index < -0.39 is 0 Å². The molecule has 0 amide bonds. The zero-order chi connectivity index (χ0) is 12.7. The van der Waals surface area contributed by atoms with Crippen LogP contribution in [0.1, 0.15) is 49.8 Å². The first-order valence-corrected chi connectivity index (χ1v) is 7.52. The summed E-state index contributed by atoms with van der Waals surface area (Å²) in [7, 11) is 0.